The molecule has 0 radical (unpaired) electrons. The molecule has 1 heterocycles. The summed E-state index contributed by atoms with van der Waals surface area (Å²) in [6.07, 6.45) is 4.79. The lowest BCUT2D eigenvalue weighted by Crippen LogP contribution is -2.28. The van der Waals surface area contributed by atoms with Crippen LogP contribution in [0.3, 0.4) is 0 Å². The molecule has 4 heteroatoms. The summed E-state index contributed by atoms with van der Waals surface area (Å²) in [4.78, 5) is 0. The van der Waals surface area contributed by atoms with Gasteiger partial charge in [0.25, 0.3) is 0 Å². The van der Waals surface area contributed by atoms with Crippen molar-refractivity contribution in [2.24, 2.45) is 5.73 Å². The first-order chi connectivity index (χ1) is 8.19. The van der Waals surface area contributed by atoms with Crippen LogP contribution >= 0.6 is 0 Å². The molecule has 0 saturated carbocycles. The molecule has 0 aromatic carbocycles. The summed E-state index contributed by atoms with van der Waals surface area (Å²) >= 11 is 0. The number of rotatable bonds is 6. The van der Waals surface area contributed by atoms with Crippen LogP contribution in [-0.2, 0) is 0 Å². The van der Waals surface area contributed by atoms with Gasteiger partial charge in [-0.15, -0.1) is 11.8 Å². The smallest absolute Gasteiger partial charge is 0.0538 e. The Balaban J connectivity index is 2.55. The first-order valence-corrected chi connectivity index (χ1v) is 6.06. The van der Waals surface area contributed by atoms with Gasteiger partial charge < -0.3 is 11.1 Å². The Morgan fingerprint density at radius 3 is 2.82 bits per heavy atom. The summed E-state index contributed by atoms with van der Waals surface area (Å²) in [6, 6.07) is 0.550. The maximum atomic E-state index is 5.77. The maximum absolute atomic E-state index is 5.77. The van der Waals surface area contributed by atoms with Gasteiger partial charge in [0.2, 0.25) is 0 Å². The summed E-state index contributed by atoms with van der Waals surface area (Å²) in [7, 11) is 0. The van der Waals surface area contributed by atoms with Crippen LogP contribution in [0.5, 0.6) is 0 Å². The predicted molar refractivity (Wildman–Crippen MR) is 70.5 cm³/mol. The second-order valence-corrected chi connectivity index (χ2v) is 4.27. The molecule has 0 aliphatic heterocycles. The quantitative estimate of drug-likeness (QED) is 0.579. The molecule has 3 N–H and O–H groups in total. The standard InChI is InChI=1S/C13H22N4/c1-4-5-6-7-15-13(8-14)12-9-16-17(10-12)11(2)3/h9-11,13,15H,6-8,14H2,1-3H3. The molecule has 0 saturated heterocycles. The third-order valence-corrected chi connectivity index (χ3v) is 2.61. The van der Waals surface area contributed by atoms with Gasteiger partial charge in [-0.05, 0) is 20.8 Å². The average Bonchev–Trinajstić information content (AvgIpc) is 2.79. The van der Waals surface area contributed by atoms with Crippen LogP contribution in [-0.4, -0.2) is 22.9 Å². The molecule has 0 aliphatic carbocycles. The van der Waals surface area contributed by atoms with E-state index in [-0.39, 0.29) is 6.04 Å². The Hall–Kier alpha value is -1.31. The zero-order valence-electron chi connectivity index (χ0n) is 10.9. The van der Waals surface area contributed by atoms with Gasteiger partial charge >= 0.3 is 0 Å². The molecular formula is C13H22N4. The largest absolute Gasteiger partial charge is 0.329 e. The van der Waals surface area contributed by atoms with Crippen LogP contribution in [0.2, 0.25) is 0 Å². The molecule has 0 bridgehead atoms. The van der Waals surface area contributed by atoms with Crippen LogP contribution < -0.4 is 11.1 Å². The second-order valence-electron chi connectivity index (χ2n) is 4.27. The number of nitrogens with zero attached hydrogens (tertiary/aromatic N) is 2. The fourth-order valence-electron chi connectivity index (χ4n) is 1.59. The first kappa shape index (κ1) is 13.8. The summed E-state index contributed by atoms with van der Waals surface area (Å²) in [5.74, 6) is 5.91. The molecule has 1 unspecified atom stereocenters. The molecule has 4 nitrogen and oxygen atoms in total. The summed E-state index contributed by atoms with van der Waals surface area (Å²) in [5.41, 5.74) is 6.91. The molecule has 1 aromatic rings. The minimum absolute atomic E-state index is 0.168. The van der Waals surface area contributed by atoms with Gasteiger partial charge in [-0.3, -0.25) is 4.68 Å². The molecule has 1 atom stereocenters. The van der Waals surface area contributed by atoms with Crippen molar-refractivity contribution in [3.05, 3.63) is 18.0 Å². The van der Waals surface area contributed by atoms with E-state index in [1.165, 1.54) is 0 Å². The normalized spacial score (nSPS) is 12.3. The van der Waals surface area contributed by atoms with E-state index in [4.69, 9.17) is 5.73 Å². The van der Waals surface area contributed by atoms with E-state index in [1.807, 2.05) is 17.8 Å². The minimum Gasteiger partial charge on any atom is -0.329 e. The SMILES string of the molecule is CC#CCCNC(CN)c1cnn(C(C)C)c1. The fourth-order valence-corrected chi connectivity index (χ4v) is 1.59. The number of nitrogens with one attached hydrogen (secondary N) is 1. The highest BCUT2D eigenvalue weighted by molar-refractivity contribution is 5.11. The Kier molecular flexibility index (Phi) is 5.75. The summed E-state index contributed by atoms with van der Waals surface area (Å²) in [5, 5.41) is 7.71. The highest BCUT2D eigenvalue weighted by Crippen LogP contribution is 2.13. The number of aromatic nitrogens is 2. The van der Waals surface area contributed by atoms with Gasteiger partial charge in [0.1, 0.15) is 0 Å². The van der Waals surface area contributed by atoms with Gasteiger partial charge in [0, 0.05) is 43.4 Å². The number of nitrogens with two attached hydrogens (primary N) is 1. The molecule has 17 heavy (non-hydrogen) atoms. The monoisotopic (exact) mass is 234 g/mol. The van der Waals surface area contributed by atoms with Crippen molar-refractivity contribution in [1.82, 2.24) is 15.1 Å². The minimum atomic E-state index is 0.168. The average molecular weight is 234 g/mol. The van der Waals surface area contributed by atoms with Gasteiger partial charge in [-0.2, -0.15) is 5.10 Å². The highest BCUT2D eigenvalue weighted by Gasteiger charge is 2.11. The van der Waals surface area contributed by atoms with Crippen molar-refractivity contribution < 1.29 is 0 Å². The molecule has 1 rings (SSSR count). The van der Waals surface area contributed by atoms with Crippen molar-refractivity contribution in [1.29, 1.82) is 0 Å². The molecule has 0 aliphatic rings. The van der Waals surface area contributed by atoms with Crippen LogP contribution in [0.4, 0.5) is 0 Å². The maximum Gasteiger partial charge on any atom is 0.0538 e. The van der Waals surface area contributed by atoms with Crippen molar-refractivity contribution in [2.75, 3.05) is 13.1 Å². The van der Waals surface area contributed by atoms with Gasteiger partial charge in [0.15, 0.2) is 0 Å². The van der Waals surface area contributed by atoms with Gasteiger partial charge in [0.05, 0.1) is 6.20 Å². The molecule has 0 spiro atoms. The van der Waals surface area contributed by atoms with E-state index in [1.54, 1.807) is 0 Å². The summed E-state index contributed by atoms with van der Waals surface area (Å²) in [6.45, 7) is 7.50. The van der Waals surface area contributed by atoms with E-state index in [2.05, 4.69) is 42.3 Å². The van der Waals surface area contributed by atoms with E-state index in [9.17, 15) is 0 Å². The second kappa shape index (κ2) is 7.10. The zero-order chi connectivity index (χ0) is 12.7. The Labute approximate surface area is 104 Å². The first-order valence-electron chi connectivity index (χ1n) is 6.06. The lowest BCUT2D eigenvalue weighted by atomic mass is 10.1. The summed E-state index contributed by atoms with van der Waals surface area (Å²) < 4.78 is 1.95. The topological polar surface area (TPSA) is 55.9 Å². The predicted octanol–water partition coefficient (Wildman–Crippen LogP) is 1.47. The fraction of sp³-hybridized carbons (Fsp3) is 0.615. The molecule has 94 valence electrons. The van der Waals surface area contributed by atoms with E-state index < -0.39 is 0 Å². The third kappa shape index (κ3) is 4.22. The third-order valence-electron chi connectivity index (χ3n) is 2.61. The Morgan fingerprint density at radius 1 is 1.53 bits per heavy atom. The lowest BCUT2D eigenvalue weighted by molar-refractivity contribution is 0.525. The van der Waals surface area contributed by atoms with E-state index >= 15 is 0 Å². The zero-order valence-corrected chi connectivity index (χ0v) is 10.9. The molecule has 1 aromatic heterocycles. The number of hydrogen-bond acceptors (Lipinski definition) is 3. The van der Waals surface area contributed by atoms with Crippen molar-refractivity contribution in [3.8, 4) is 11.8 Å². The van der Waals surface area contributed by atoms with Crippen LogP contribution in [0.1, 0.15) is 44.8 Å². The highest BCUT2D eigenvalue weighted by atomic mass is 15.3. The Bertz CT molecular complexity index is 384. The molecule has 0 amide bonds. The number of hydrogen-bond donors (Lipinski definition) is 2. The molecular weight excluding hydrogens is 212 g/mol. The van der Waals surface area contributed by atoms with Crippen LogP contribution in [0, 0.1) is 11.8 Å². The van der Waals surface area contributed by atoms with Crippen LogP contribution in [0.15, 0.2) is 12.4 Å². The van der Waals surface area contributed by atoms with E-state index in [0.29, 0.717) is 12.6 Å². The van der Waals surface area contributed by atoms with Crippen molar-refractivity contribution in [2.45, 2.75) is 39.3 Å². The van der Waals surface area contributed by atoms with E-state index in [0.717, 1.165) is 18.5 Å². The van der Waals surface area contributed by atoms with Crippen molar-refractivity contribution >= 4 is 0 Å². The Morgan fingerprint density at radius 2 is 2.29 bits per heavy atom. The van der Waals surface area contributed by atoms with Crippen molar-refractivity contribution in [3.63, 3.8) is 0 Å². The van der Waals surface area contributed by atoms with Gasteiger partial charge in [-0.1, -0.05) is 0 Å². The lowest BCUT2D eigenvalue weighted by Gasteiger charge is -2.14. The van der Waals surface area contributed by atoms with Crippen LogP contribution in [0.25, 0.3) is 0 Å². The molecule has 0 fully saturated rings. The van der Waals surface area contributed by atoms with Gasteiger partial charge in [-0.25, -0.2) is 0 Å².